The highest BCUT2D eigenvalue weighted by Crippen LogP contribution is 2.44. The predicted molar refractivity (Wildman–Crippen MR) is 233 cm³/mol. The Kier molecular flexibility index (Phi) is 8.53. The van der Waals surface area contributed by atoms with Crippen LogP contribution in [0.3, 0.4) is 0 Å². The van der Waals surface area contributed by atoms with Gasteiger partial charge in [0.2, 0.25) is 0 Å². The Bertz CT molecular complexity index is 2550. The first kappa shape index (κ1) is 33.3. The molecule has 0 amide bonds. The van der Waals surface area contributed by atoms with Gasteiger partial charge in [-0.1, -0.05) is 182 Å². The molecule has 0 aliphatic rings. The average molecular weight is 691 g/mol. The molecular formula is C54H42. The maximum absolute atomic E-state index is 2.35. The zero-order valence-electron chi connectivity index (χ0n) is 31.3. The quantitative estimate of drug-likeness (QED) is 0.152. The van der Waals surface area contributed by atoms with Crippen LogP contribution in [0.4, 0.5) is 0 Å². The van der Waals surface area contributed by atoms with Crippen LogP contribution in [0.1, 0.15) is 22.3 Å². The Morgan fingerprint density at radius 1 is 0.222 bits per heavy atom. The molecule has 0 aliphatic heterocycles. The largest absolute Gasteiger partial charge is 0.0622 e. The molecule has 0 heteroatoms. The fourth-order valence-corrected chi connectivity index (χ4v) is 8.50. The summed E-state index contributed by atoms with van der Waals surface area (Å²) < 4.78 is 0. The van der Waals surface area contributed by atoms with Gasteiger partial charge in [0.05, 0.1) is 0 Å². The normalized spacial score (nSPS) is 11.3. The number of benzene rings is 9. The first-order valence-corrected chi connectivity index (χ1v) is 18.9. The Morgan fingerprint density at radius 3 is 0.722 bits per heavy atom. The van der Waals surface area contributed by atoms with E-state index in [1.807, 2.05) is 0 Å². The number of aryl methyl sites for hydroxylation is 4. The fraction of sp³-hybridized carbons (Fsp3) is 0.0741. The molecule has 0 unspecified atom stereocenters. The lowest BCUT2D eigenvalue weighted by Gasteiger charge is -2.19. The minimum absolute atomic E-state index is 1.23. The van der Waals surface area contributed by atoms with Gasteiger partial charge in [0.25, 0.3) is 0 Å². The monoisotopic (exact) mass is 690 g/mol. The Labute approximate surface area is 319 Å². The fourth-order valence-electron chi connectivity index (χ4n) is 8.50. The van der Waals surface area contributed by atoms with E-state index in [0.717, 1.165) is 0 Å². The van der Waals surface area contributed by atoms with Crippen molar-refractivity contribution in [2.45, 2.75) is 27.7 Å². The maximum Gasteiger partial charge on any atom is -0.00264 e. The van der Waals surface area contributed by atoms with E-state index in [0.29, 0.717) is 0 Å². The molecule has 258 valence electrons. The average Bonchev–Trinajstić information content (AvgIpc) is 3.22. The van der Waals surface area contributed by atoms with Crippen molar-refractivity contribution in [1.82, 2.24) is 0 Å². The molecule has 9 aromatic carbocycles. The zero-order chi connectivity index (χ0) is 36.8. The first-order valence-electron chi connectivity index (χ1n) is 18.9. The first-order chi connectivity index (χ1) is 26.4. The highest BCUT2D eigenvalue weighted by Gasteiger charge is 2.18. The molecular weight excluding hydrogens is 649 g/mol. The smallest absolute Gasteiger partial charge is 0.00264 e. The zero-order valence-corrected chi connectivity index (χ0v) is 31.3. The Morgan fingerprint density at radius 2 is 0.444 bits per heavy atom. The molecule has 0 N–H and O–H groups in total. The molecule has 0 saturated carbocycles. The third-order valence-corrected chi connectivity index (χ3v) is 11.2. The van der Waals surface area contributed by atoms with Crippen molar-refractivity contribution in [2.75, 3.05) is 0 Å². The van der Waals surface area contributed by atoms with E-state index >= 15 is 0 Å². The van der Waals surface area contributed by atoms with Crippen molar-refractivity contribution in [2.24, 2.45) is 0 Å². The summed E-state index contributed by atoms with van der Waals surface area (Å²) in [4.78, 5) is 0. The van der Waals surface area contributed by atoms with Gasteiger partial charge in [-0.15, -0.1) is 0 Å². The summed E-state index contributed by atoms with van der Waals surface area (Å²) in [6.45, 7) is 8.90. The van der Waals surface area contributed by atoms with Crippen LogP contribution in [0.15, 0.2) is 182 Å². The summed E-state index contributed by atoms with van der Waals surface area (Å²) in [5, 5.41) is 5.07. The minimum atomic E-state index is 1.23. The van der Waals surface area contributed by atoms with E-state index in [1.54, 1.807) is 0 Å². The second-order valence-corrected chi connectivity index (χ2v) is 14.7. The maximum atomic E-state index is 2.35. The molecule has 0 fully saturated rings. The second kappa shape index (κ2) is 13.8. The van der Waals surface area contributed by atoms with E-state index in [9.17, 15) is 0 Å². The van der Waals surface area contributed by atoms with E-state index in [1.165, 1.54) is 111 Å². The van der Waals surface area contributed by atoms with Crippen molar-refractivity contribution in [3.8, 4) is 66.8 Å². The van der Waals surface area contributed by atoms with Gasteiger partial charge in [-0.25, -0.2) is 0 Å². The van der Waals surface area contributed by atoms with Gasteiger partial charge in [0.1, 0.15) is 0 Å². The number of hydrogen-bond acceptors (Lipinski definition) is 0. The van der Waals surface area contributed by atoms with Crippen molar-refractivity contribution in [3.05, 3.63) is 204 Å². The van der Waals surface area contributed by atoms with E-state index < -0.39 is 0 Å². The summed E-state index contributed by atoms with van der Waals surface area (Å²) in [6, 6.07) is 67.0. The molecule has 0 heterocycles. The van der Waals surface area contributed by atoms with Gasteiger partial charge in [-0.3, -0.25) is 0 Å². The molecule has 9 aromatic rings. The molecule has 54 heavy (non-hydrogen) atoms. The number of hydrogen-bond donors (Lipinski definition) is 0. The van der Waals surface area contributed by atoms with Crippen molar-refractivity contribution < 1.29 is 0 Å². The summed E-state index contributed by atoms with van der Waals surface area (Å²) in [7, 11) is 0. The van der Waals surface area contributed by atoms with Gasteiger partial charge < -0.3 is 0 Å². The van der Waals surface area contributed by atoms with Crippen LogP contribution in [-0.2, 0) is 0 Å². The van der Waals surface area contributed by atoms with Crippen LogP contribution in [0.5, 0.6) is 0 Å². The van der Waals surface area contributed by atoms with Crippen molar-refractivity contribution in [1.29, 1.82) is 0 Å². The number of rotatable bonds is 6. The molecule has 0 saturated heterocycles. The van der Waals surface area contributed by atoms with Crippen LogP contribution >= 0.6 is 0 Å². The highest BCUT2D eigenvalue weighted by molar-refractivity contribution is 6.21. The summed E-state index contributed by atoms with van der Waals surface area (Å²) in [6.07, 6.45) is 0. The standard InChI is InChI=1S/C54H42/c1-35-33-51(37(3)31-49(35)39-15-7-5-8-16-39)41-23-27-43(28-24-41)53-45-19-11-13-21-47(45)54(48-22-14-12-20-46(48)53)44-29-25-42(26-30-44)52-34-36(2)50(32-38(52)4)40-17-9-6-10-18-40/h5-34H,1-4H3. The number of fused-ring (bicyclic) bond motifs is 2. The molecule has 0 atom stereocenters. The molecule has 0 aliphatic carbocycles. The third kappa shape index (κ3) is 5.91. The van der Waals surface area contributed by atoms with Gasteiger partial charge >= 0.3 is 0 Å². The lowest BCUT2D eigenvalue weighted by Crippen LogP contribution is -1.92. The van der Waals surface area contributed by atoms with Crippen LogP contribution in [0.2, 0.25) is 0 Å². The molecule has 0 aromatic heterocycles. The second-order valence-electron chi connectivity index (χ2n) is 14.7. The molecule has 0 nitrogen and oxygen atoms in total. The molecule has 0 spiro atoms. The molecule has 0 bridgehead atoms. The van der Waals surface area contributed by atoms with Crippen molar-refractivity contribution >= 4 is 21.5 Å². The van der Waals surface area contributed by atoms with Gasteiger partial charge in [-0.05, 0) is 138 Å². The topological polar surface area (TPSA) is 0 Å². The highest BCUT2D eigenvalue weighted by atomic mass is 14.2. The van der Waals surface area contributed by atoms with Crippen molar-refractivity contribution in [3.63, 3.8) is 0 Å². The van der Waals surface area contributed by atoms with Crippen LogP contribution in [0.25, 0.3) is 88.3 Å². The lowest BCUT2D eigenvalue weighted by atomic mass is 9.85. The summed E-state index contributed by atoms with van der Waals surface area (Å²) in [5.41, 5.74) is 20.3. The third-order valence-electron chi connectivity index (χ3n) is 11.2. The van der Waals surface area contributed by atoms with Gasteiger partial charge in [0.15, 0.2) is 0 Å². The van der Waals surface area contributed by atoms with E-state index in [-0.39, 0.29) is 0 Å². The Hall–Kier alpha value is -6.50. The SMILES string of the molecule is Cc1cc(-c2ccc(-c3c4ccccc4c(-c4ccc(-c5cc(C)c(-c6ccccc6)cc5C)cc4)c4ccccc34)cc2)c(C)cc1-c1ccccc1. The van der Waals surface area contributed by atoms with Gasteiger partial charge in [0, 0.05) is 0 Å². The van der Waals surface area contributed by atoms with Crippen LogP contribution < -0.4 is 0 Å². The summed E-state index contributed by atoms with van der Waals surface area (Å²) in [5.74, 6) is 0. The van der Waals surface area contributed by atoms with E-state index in [2.05, 4.69) is 210 Å². The Balaban J connectivity index is 1.11. The van der Waals surface area contributed by atoms with Gasteiger partial charge in [-0.2, -0.15) is 0 Å². The van der Waals surface area contributed by atoms with E-state index in [4.69, 9.17) is 0 Å². The van der Waals surface area contributed by atoms with Crippen LogP contribution in [-0.4, -0.2) is 0 Å². The summed E-state index contributed by atoms with van der Waals surface area (Å²) >= 11 is 0. The predicted octanol–water partition coefficient (Wildman–Crippen LogP) is 15.2. The molecule has 9 rings (SSSR count). The van der Waals surface area contributed by atoms with Crippen LogP contribution in [0, 0.1) is 27.7 Å². The molecule has 0 radical (unpaired) electrons. The minimum Gasteiger partial charge on any atom is -0.0622 e. The lowest BCUT2D eigenvalue weighted by molar-refractivity contribution is 1.39.